The van der Waals surface area contributed by atoms with Crippen LogP contribution >= 0.6 is 15.9 Å². The maximum Gasteiger partial charge on any atom is 0.271 e. The molecule has 0 unspecified atom stereocenters. The number of ether oxygens (including phenoxy) is 1. The summed E-state index contributed by atoms with van der Waals surface area (Å²) >= 11 is 3.42. The van der Waals surface area contributed by atoms with Crippen molar-refractivity contribution in [2.75, 3.05) is 0 Å². The molecule has 3 rings (SSSR count). The van der Waals surface area contributed by atoms with Gasteiger partial charge in [-0.25, -0.2) is 5.43 Å². The van der Waals surface area contributed by atoms with Crippen LogP contribution in [0.1, 0.15) is 54.7 Å². The van der Waals surface area contributed by atoms with E-state index in [2.05, 4.69) is 59.4 Å². The monoisotopic (exact) mass is 478 g/mol. The summed E-state index contributed by atoms with van der Waals surface area (Å²) in [6, 6.07) is 23.3. The molecule has 0 saturated carbocycles. The first-order chi connectivity index (χ1) is 14.7. The van der Waals surface area contributed by atoms with Crippen molar-refractivity contribution in [2.24, 2.45) is 5.10 Å². The molecule has 0 aliphatic carbocycles. The van der Waals surface area contributed by atoms with E-state index in [9.17, 15) is 4.79 Å². The van der Waals surface area contributed by atoms with Crippen LogP contribution in [0.4, 0.5) is 0 Å². The summed E-state index contributed by atoms with van der Waals surface area (Å²) in [5.41, 5.74) is 7.32. The fourth-order valence-corrected chi connectivity index (χ4v) is 3.19. The Morgan fingerprint density at radius 2 is 1.48 bits per heavy atom. The van der Waals surface area contributed by atoms with Gasteiger partial charge >= 0.3 is 0 Å². The van der Waals surface area contributed by atoms with E-state index < -0.39 is 0 Å². The van der Waals surface area contributed by atoms with Crippen molar-refractivity contribution in [3.05, 3.63) is 99.5 Å². The van der Waals surface area contributed by atoms with Gasteiger partial charge in [0.1, 0.15) is 12.4 Å². The highest BCUT2D eigenvalue weighted by Gasteiger charge is 2.13. The maximum absolute atomic E-state index is 12.4. The zero-order valence-electron chi connectivity index (χ0n) is 18.3. The summed E-state index contributed by atoms with van der Waals surface area (Å²) in [7, 11) is 0. The zero-order chi connectivity index (χ0) is 22.4. The van der Waals surface area contributed by atoms with Gasteiger partial charge in [-0.2, -0.15) is 5.10 Å². The molecule has 5 heteroatoms. The van der Waals surface area contributed by atoms with Crippen LogP contribution < -0.4 is 10.2 Å². The predicted octanol–water partition coefficient (Wildman–Crippen LogP) is 6.48. The van der Waals surface area contributed by atoms with Gasteiger partial charge in [0.2, 0.25) is 0 Å². The minimum absolute atomic E-state index is 0.103. The lowest BCUT2D eigenvalue weighted by Gasteiger charge is -2.19. The van der Waals surface area contributed by atoms with E-state index >= 15 is 0 Å². The van der Waals surface area contributed by atoms with E-state index in [1.165, 1.54) is 5.56 Å². The molecule has 0 aliphatic heterocycles. The zero-order valence-corrected chi connectivity index (χ0v) is 19.9. The van der Waals surface area contributed by atoms with Gasteiger partial charge in [-0.3, -0.25) is 4.79 Å². The van der Waals surface area contributed by atoms with Crippen molar-refractivity contribution >= 4 is 27.5 Å². The summed E-state index contributed by atoms with van der Waals surface area (Å²) < 4.78 is 6.82. The second-order valence-corrected chi connectivity index (χ2v) is 9.32. The third-order valence-corrected chi connectivity index (χ3v) is 5.46. The summed E-state index contributed by atoms with van der Waals surface area (Å²) in [5.74, 6) is 0.447. The first kappa shape index (κ1) is 22.8. The summed E-state index contributed by atoms with van der Waals surface area (Å²) in [6.45, 7) is 8.89. The molecule has 0 spiro atoms. The van der Waals surface area contributed by atoms with E-state index in [0.29, 0.717) is 17.9 Å². The number of hydrogen-bond donors (Lipinski definition) is 1. The SMILES string of the molecule is CC(=NNC(=O)c1ccc(OCc2ccc(Br)cc2)cc1)c1ccc(C(C)(C)C)cc1. The Labute approximate surface area is 192 Å². The lowest BCUT2D eigenvalue weighted by molar-refractivity contribution is 0.0955. The molecule has 0 atom stereocenters. The van der Waals surface area contributed by atoms with Crippen molar-refractivity contribution in [2.45, 2.75) is 39.7 Å². The maximum atomic E-state index is 12.4. The highest BCUT2D eigenvalue weighted by molar-refractivity contribution is 9.10. The Bertz CT molecular complexity index is 1050. The number of nitrogens with one attached hydrogen (secondary N) is 1. The second-order valence-electron chi connectivity index (χ2n) is 8.41. The number of hydrazone groups is 1. The molecule has 0 fully saturated rings. The minimum atomic E-state index is -0.259. The number of carbonyl (C=O) groups is 1. The number of rotatable bonds is 6. The van der Waals surface area contributed by atoms with Crippen LogP contribution in [0.2, 0.25) is 0 Å². The molecule has 1 amide bonds. The smallest absolute Gasteiger partial charge is 0.271 e. The van der Waals surface area contributed by atoms with Crippen molar-refractivity contribution < 1.29 is 9.53 Å². The van der Waals surface area contributed by atoms with Crippen molar-refractivity contribution in [3.8, 4) is 5.75 Å². The largest absolute Gasteiger partial charge is 0.489 e. The average Bonchev–Trinajstić information content (AvgIpc) is 2.76. The number of benzene rings is 3. The van der Waals surface area contributed by atoms with Crippen LogP contribution in [-0.4, -0.2) is 11.6 Å². The minimum Gasteiger partial charge on any atom is -0.489 e. The van der Waals surface area contributed by atoms with E-state index in [-0.39, 0.29) is 11.3 Å². The van der Waals surface area contributed by atoms with Crippen LogP contribution in [-0.2, 0) is 12.0 Å². The van der Waals surface area contributed by atoms with Gasteiger partial charge in [-0.1, -0.05) is 73.1 Å². The topological polar surface area (TPSA) is 50.7 Å². The number of carbonyl (C=O) groups excluding carboxylic acids is 1. The molecular weight excluding hydrogens is 452 g/mol. The van der Waals surface area contributed by atoms with Gasteiger partial charge in [0.15, 0.2) is 0 Å². The first-order valence-corrected chi connectivity index (χ1v) is 10.9. The molecule has 1 N–H and O–H groups in total. The predicted molar refractivity (Wildman–Crippen MR) is 130 cm³/mol. The molecule has 160 valence electrons. The van der Waals surface area contributed by atoms with Crippen LogP contribution in [0, 0.1) is 0 Å². The Hall–Kier alpha value is -2.92. The van der Waals surface area contributed by atoms with Crippen LogP contribution in [0.3, 0.4) is 0 Å². The van der Waals surface area contributed by atoms with Crippen LogP contribution in [0.15, 0.2) is 82.4 Å². The molecule has 0 aromatic heterocycles. The highest BCUT2D eigenvalue weighted by Crippen LogP contribution is 2.22. The fourth-order valence-electron chi connectivity index (χ4n) is 2.92. The van der Waals surface area contributed by atoms with Gasteiger partial charge < -0.3 is 4.74 Å². The summed E-state index contributed by atoms with van der Waals surface area (Å²) in [6.07, 6.45) is 0. The van der Waals surface area contributed by atoms with Crippen molar-refractivity contribution in [3.63, 3.8) is 0 Å². The number of halogens is 1. The van der Waals surface area contributed by atoms with Gasteiger partial charge in [-0.05, 0) is 65.4 Å². The van der Waals surface area contributed by atoms with Gasteiger partial charge in [0, 0.05) is 10.0 Å². The normalized spacial score (nSPS) is 11.8. The van der Waals surface area contributed by atoms with Crippen molar-refractivity contribution in [1.29, 1.82) is 0 Å². The molecule has 4 nitrogen and oxygen atoms in total. The third kappa shape index (κ3) is 6.53. The molecule has 0 bridgehead atoms. The lowest BCUT2D eigenvalue weighted by Crippen LogP contribution is -2.19. The first-order valence-electron chi connectivity index (χ1n) is 10.2. The van der Waals surface area contributed by atoms with E-state index in [1.54, 1.807) is 24.3 Å². The summed E-state index contributed by atoms with van der Waals surface area (Å²) in [4.78, 5) is 12.4. The summed E-state index contributed by atoms with van der Waals surface area (Å²) in [5, 5.41) is 4.25. The number of hydrogen-bond acceptors (Lipinski definition) is 3. The Balaban J connectivity index is 1.56. The lowest BCUT2D eigenvalue weighted by atomic mass is 9.86. The Morgan fingerprint density at radius 1 is 0.903 bits per heavy atom. The van der Waals surface area contributed by atoms with Crippen molar-refractivity contribution in [1.82, 2.24) is 5.43 Å². The third-order valence-electron chi connectivity index (χ3n) is 4.93. The standard InChI is InChI=1S/C26H27BrN2O2/c1-18(20-7-11-22(12-8-20)26(2,3)4)28-29-25(30)21-9-15-24(16-10-21)31-17-19-5-13-23(27)14-6-19/h5-16H,17H2,1-4H3,(H,29,30). The van der Waals surface area contributed by atoms with E-state index in [0.717, 1.165) is 21.3 Å². The molecular formula is C26H27BrN2O2. The number of nitrogens with zero attached hydrogens (tertiary/aromatic N) is 1. The van der Waals surface area contributed by atoms with Gasteiger partial charge in [-0.15, -0.1) is 0 Å². The second kappa shape index (κ2) is 9.92. The molecule has 0 radical (unpaired) electrons. The van der Waals surface area contributed by atoms with E-state index in [1.807, 2.05) is 43.3 Å². The average molecular weight is 479 g/mol. The Morgan fingerprint density at radius 3 is 2.06 bits per heavy atom. The quantitative estimate of drug-likeness (QED) is 0.325. The van der Waals surface area contributed by atoms with Gasteiger partial charge in [0.25, 0.3) is 5.91 Å². The molecule has 0 heterocycles. The fraction of sp³-hybridized carbons (Fsp3) is 0.231. The highest BCUT2D eigenvalue weighted by atomic mass is 79.9. The Kier molecular flexibility index (Phi) is 7.29. The molecule has 0 aliphatic rings. The molecule has 3 aromatic carbocycles. The molecule has 3 aromatic rings. The van der Waals surface area contributed by atoms with Crippen LogP contribution in [0.5, 0.6) is 5.75 Å². The number of amides is 1. The van der Waals surface area contributed by atoms with Crippen LogP contribution in [0.25, 0.3) is 0 Å². The molecule has 0 saturated heterocycles. The van der Waals surface area contributed by atoms with Gasteiger partial charge in [0.05, 0.1) is 5.71 Å². The molecule has 31 heavy (non-hydrogen) atoms. The van der Waals surface area contributed by atoms with E-state index in [4.69, 9.17) is 4.74 Å².